The maximum Gasteiger partial charge on any atom is 0.424 e. The number of piperidine rings is 1. The number of amides is 1. The Balaban J connectivity index is 1.84. The van der Waals surface area contributed by atoms with Gasteiger partial charge in [-0.2, -0.15) is 5.26 Å². The predicted molar refractivity (Wildman–Crippen MR) is 121 cm³/mol. The molecule has 31 heavy (non-hydrogen) atoms. The fourth-order valence-electron chi connectivity index (χ4n) is 3.98. The highest BCUT2D eigenvalue weighted by Crippen LogP contribution is 2.32. The number of sulfonamides is 1. The third-order valence-electron chi connectivity index (χ3n) is 5.30. The second-order valence-corrected chi connectivity index (χ2v) is 10.9. The van der Waals surface area contributed by atoms with Crippen molar-refractivity contribution in [3.05, 3.63) is 42.0 Å². The van der Waals surface area contributed by atoms with Gasteiger partial charge in [-0.25, -0.2) is 17.5 Å². The largest absolute Gasteiger partial charge is 0.443 e. The lowest BCUT2D eigenvalue weighted by molar-refractivity contribution is 0.0371. The molecule has 1 fully saturated rings. The highest BCUT2D eigenvalue weighted by molar-refractivity contribution is 7.88. The molecule has 0 aromatic heterocycles. The van der Waals surface area contributed by atoms with Gasteiger partial charge in [0.15, 0.2) is 0 Å². The summed E-state index contributed by atoms with van der Waals surface area (Å²) in [4.78, 5) is 14.8. The molecule has 1 heterocycles. The van der Waals surface area contributed by atoms with Crippen molar-refractivity contribution in [2.45, 2.75) is 39.2 Å². The summed E-state index contributed by atoms with van der Waals surface area (Å²) in [5.74, 6) is -0.0228. The Hall–Kier alpha value is -2.79. The van der Waals surface area contributed by atoms with Crippen LogP contribution >= 0.6 is 0 Å². The average molecular weight is 444 g/mol. The fraction of sp³-hybridized carbons (Fsp3) is 0.478. The van der Waals surface area contributed by atoms with Crippen LogP contribution in [0.5, 0.6) is 0 Å². The second kappa shape index (κ2) is 8.75. The fourth-order valence-corrected chi connectivity index (χ4v) is 4.77. The standard InChI is InChI=1S/C23H29N3O4S/c1-23(2,3)30-22(27)26(31(4,28)29)16-17-8-7-13-25(15-17)21-12-11-18(14-24)19-9-5-6-10-20(19)21/h5-6,9-12,17H,7-8,13,15-16H2,1-4H3. The van der Waals surface area contributed by atoms with E-state index in [-0.39, 0.29) is 12.5 Å². The monoisotopic (exact) mass is 443 g/mol. The van der Waals surface area contributed by atoms with Crippen LogP contribution < -0.4 is 4.90 Å². The quantitative estimate of drug-likeness (QED) is 0.706. The molecule has 2 aromatic carbocycles. The molecule has 7 nitrogen and oxygen atoms in total. The molecule has 0 bridgehead atoms. The topological polar surface area (TPSA) is 90.7 Å². The van der Waals surface area contributed by atoms with Crippen molar-refractivity contribution in [2.24, 2.45) is 5.92 Å². The normalized spacial score (nSPS) is 17.3. The summed E-state index contributed by atoms with van der Waals surface area (Å²) in [5, 5.41) is 11.3. The molecule has 166 valence electrons. The first-order valence-electron chi connectivity index (χ1n) is 10.4. The Labute approximate surface area is 184 Å². The number of fused-ring (bicyclic) bond motifs is 1. The number of ether oxygens (including phenoxy) is 1. The van der Waals surface area contributed by atoms with Crippen molar-refractivity contribution in [1.29, 1.82) is 5.26 Å². The number of nitriles is 1. The molecule has 8 heteroatoms. The van der Waals surface area contributed by atoms with Gasteiger partial charge in [-0.05, 0) is 51.7 Å². The van der Waals surface area contributed by atoms with Gasteiger partial charge in [-0.3, -0.25) is 0 Å². The molecule has 1 unspecified atom stereocenters. The predicted octanol–water partition coefficient (Wildman–Crippen LogP) is 4.12. The number of benzene rings is 2. The Kier molecular flexibility index (Phi) is 6.46. The number of rotatable bonds is 4. The molecule has 1 atom stereocenters. The number of anilines is 1. The molecule has 2 aromatic rings. The molecule has 0 saturated carbocycles. The third kappa shape index (κ3) is 5.47. The van der Waals surface area contributed by atoms with E-state index < -0.39 is 21.7 Å². The van der Waals surface area contributed by atoms with E-state index in [1.165, 1.54) is 0 Å². The molecule has 1 amide bonds. The maximum absolute atomic E-state index is 12.6. The first kappa shape index (κ1) is 22.9. The lowest BCUT2D eigenvalue weighted by Gasteiger charge is -2.37. The van der Waals surface area contributed by atoms with Crippen molar-refractivity contribution in [3.8, 4) is 6.07 Å². The van der Waals surface area contributed by atoms with Gasteiger partial charge in [0.2, 0.25) is 10.0 Å². The molecule has 0 spiro atoms. The minimum absolute atomic E-state index is 0.0228. The molecular formula is C23H29N3O4S. The van der Waals surface area contributed by atoms with Gasteiger partial charge < -0.3 is 9.64 Å². The van der Waals surface area contributed by atoms with E-state index >= 15 is 0 Å². The number of carbonyl (C=O) groups is 1. The van der Waals surface area contributed by atoms with Gasteiger partial charge in [-0.1, -0.05) is 24.3 Å². The highest BCUT2D eigenvalue weighted by atomic mass is 32.2. The summed E-state index contributed by atoms with van der Waals surface area (Å²) >= 11 is 0. The number of hydrogen-bond donors (Lipinski definition) is 0. The summed E-state index contributed by atoms with van der Waals surface area (Å²) in [6.07, 6.45) is 1.90. The van der Waals surface area contributed by atoms with Gasteiger partial charge in [0, 0.05) is 36.1 Å². The minimum atomic E-state index is -3.76. The average Bonchev–Trinajstić information content (AvgIpc) is 2.69. The number of hydrogen-bond acceptors (Lipinski definition) is 6. The molecule has 1 aliphatic heterocycles. The van der Waals surface area contributed by atoms with Crippen molar-refractivity contribution < 1.29 is 17.9 Å². The van der Waals surface area contributed by atoms with Crippen LogP contribution in [0, 0.1) is 17.2 Å². The van der Waals surface area contributed by atoms with E-state index in [0.717, 1.165) is 46.4 Å². The van der Waals surface area contributed by atoms with Crippen molar-refractivity contribution >= 4 is 32.6 Å². The zero-order valence-corrected chi connectivity index (χ0v) is 19.3. The number of carbonyl (C=O) groups excluding carboxylic acids is 1. The summed E-state index contributed by atoms with van der Waals surface area (Å²) in [6, 6.07) is 13.8. The summed E-state index contributed by atoms with van der Waals surface area (Å²) < 4.78 is 30.8. The Morgan fingerprint density at radius 3 is 2.52 bits per heavy atom. The van der Waals surface area contributed by atoms with Gasteiger partial charge in [-0.15, -0.1) is 0 Å². The van der Waals surface area contributed by atoms with Crippen LogP contribution in [0.25, 0.3) is 10.8 Å². The van der Waals surface area contributed by atoms with Gasteiger partial charge >= 0.3 is 6.09 Å². The van der Waals surface area contributed by atoms with Crippen molar-refractivity contribution in [3.63, 3.8) is 0 Å². The second-order valence-electron chi connectivity index (χ2n) is 9.02. The first-order chi connectivity index (χ1) is 14.5. The Morgan fingerprint density at radius 1 is 1.23 bits per heavy atom. The van der Waals surface area contributed by atoms with Crippen LogP contribution in [-0.2, 0) is 14.8 Å². The zero-order valence-electron chi connectivity index (χ0n) is 18.5. The molecule has 1 saturated heterocycles. The van der Waals surface area contributed by atoms with E-state index in [9.17, 15) is 18.5 Å². The zero-order chi connectivity index (χ0) is 22.8. The van der Waals surface area contributed by atoms with E-state index in [0.29, 0.717) is 12.1 Å². The Morgan fingerprint density at radius 2 is 1.90 bits per heavy atom. The molecule has 0 aliphatic carbocycles. The summed E-state index contributed by atoms with van der Waals surface area (Å²) in [6.45, 7) is 6.66. The van der Waals surface area contributed by atoms with Crippen molar-refractivity contribution in [2.75, 3.05) is 30.8 Å². The van der Waals surface area contributed by atoms with E-state index in [4.69, 9.17) is 4.74 Å². The van der Waals surface area contributed by atoms with E-state index in [1.54, 1.807) is 20.8 Å². The van der Waals surface area contributed by atoms with Crippen LogP contribution in [-0.4, -0.2) is 50.3 Å². The van der Waals surface area contributed by atoms with Gasteiger partial charge in [0.05, 0.1) is 17.9 Å². The Bertz CT molecular complexity index is 1120. The van der Waals surface area contributed by atoms with Crippen LogP contribution in [0.15, 0.2) is 36.4 Å². The lowest BCUT2D eigenvalue weighted by atomic mass is 9.95. The minimum Gasteiger partial charge on any atom is -0.443 e. The lowest BCUT2D eigenvalue weighted by Crippen LogP contribution is -2.46. The highest BCUT2D eigenvalue weighted by Gasteiger charge is 2.33. The van der Waals surface area contributed by atoms with E-state index in [2.05, 4.69) is 11.0 Å². The third-order valence-corrected chi connectivity index (χ3v) is 6.40. The summed E-state index contributed by atoms with van der Waals surface area (Å²) in [5.41, 5.74) is 0.864. The van der Waals surface area contributed by atoms with Crippen LogP contribution in [0.1, 0.15) is 39.2 Å². The summed E-state index contributed by atoms with van der Waals surface area (Å²) in [7, 11) is -3.76. The molecule has 3 rings (SSSR count). The number of nitrogens with zero attached hydrogens (tertiary/aromatic N) is 3. The first-order valence-corrected chi connectivity index (χ1v) is 12.2. The SMILES string of the molecule is CC(C)(C)OC(=O)N(CC1CCCN(c2ccc(C#N)c3ccccc23)C1)S(C)(=O)=O. The van der Waals surface area contributed by atoms with Gasteiger partial charge in [0.25, 0.3) is 0 Å². The van der Waals surface area contributed by atoms with Crippen LogP contribution in [0.4, 0.5) is 10.5 Å². The smallest absolute Gasteiger partial charge is 0.424 e. The van der Waals surface area contributed by atoms with Crippen LogP contribution in [0.2, 0.25) is 0 Å². The molecule has 0 radical (unpaired) electrons. The van der Waals surface area contributed by atoms with Gasteiger partial charge in [0.1, 0.15) is 5.60 Å². The molecular weight excluding hydrogens is 414 g/mol. The maximum atomic E-state index is 12.6. The molecule has 0 N–H and O–H groups in total. The molecule has 1 aliphatic rings. The van der Waals surface area contributed by atoms with E-state index in [1.807, 2.05) is 36.4 Å². The van der Waals surface area contributed by atoms with Crippen LogP contribution in [0.3, 0.4) is 0 Å². The van der Waals surface area contributed by atoms with Crippen molar-refractivity contribution in [1.82, 2.24) is 4.31 Å².